The number of rotatable bonds is 8. The van der Waals surface area contributed by atoms with E-state index in [1.807, 2.05) is 32.9 Å². The maximum Gasteiger partial charge on any atom is 0.307 e. The molecule has 0 saturated heterocycles. The minimum Gasteiger partial charge on any atom is -0.456 e. The van der Waals surface area contributed by atoms with Crippen molar-refractivity contribution in [3.05, 3.63) is 46.3 Å². The molecule has 0 spiro atoms. The van der Waals surface area contributed by atoms with Crippen LogP contribution in [-0.2, 0) is 24.3 Å². The third-order valence-corrected chi connectivity index (χ3v) is 6.55. The summed E-state index contributed by atoms with van der Waals surface area (Å²) in [6, 6.07) is 7.01. The average molecular weight is 411 g/mol. The average Bonchev–Trinajstić information content (AvgIpc) is 3.11. The maximum atomic E-state index is 12.0. The summed E-state index contributed by atoms with van der Waals surface area (Å²) in [4.78, 5) is 23.7. The predicted molar refractivity (Wildman–Crippen MR) is 104 cm³/mol. The van der Waals surface area contributed by atoms with Gasteiger partial charge in [-0.2, -0.15) is 0 Å². The number of nitrogens with one attached hydrogen (secondary N) is 2. The Morgan fingerprint density at radius 3 is 2.41 bits per heavy atom. The number of benzene rings is 1. The highest BCUT2D eigenvalue weighted by Crippen LogP contribution is 2.21. The lowest BCUT2D eigenvalue weighted by molar-refractivity contribution is -0.147. The van der Waals surface area contributed by atoms with E-state index in [0.717, 1.165) is 28.0 Å². The summed E-state index contributed by atoms with van der Waals surface area (Å²) in [5.41, 5.74) is 3.65. The van der Waals surface area contributed by atoms with Crippen LogP contribution < -0.4 is 10.0 Å². The van der Waals surface area contributed by atoms with Gasteiger partial charge in [0.25, 0.3) is 5.91 Å². The number of hydrogen-bond acceptors (Lipinski definition) is 6. The lowest BCUT2D eigenvalue weighted by Gasteiger charge is -2.13. The Morgan fingerprint density at radius 2 is 1.81 bits per heavy atom. The van der Waals surface area contributed by atoms with Gasteiger partial charge in [0.15, 0.2) is 6.61 Å². The first-order chi connectivity index (χ1) is 12.7. The Labute approximate surface area is 162 Å². The zero-order valence-corrected chi connectivity index (χ0v) is 17.0. The molecule has 146 valence electrons. The van der Waals surface area contributed by atoms with E-state index in [9.17, 15) is 18.0 Å². The Morgan fingerprint density at radius 1 is 1.15 bits per heavy atom. The van der Waals surface area contributed by atoms with Gasteiger partial charge >= 0.3 is 5.97 Å². The Hall–Kier alpha value is -2.23. The molecule has 2 aromatic rings. The van der Waals surface area contributed by atoms with Crippen molar-refractivity contribution < 1.29 is 22.7 Å². The van der Waals surface area contributed by atoms with Gasteiger partial charge in [0, 0.05) is 12.2 Å². The largest absolute Gasteiger partial charge is 0.456 e. The molecule has 1 aromatic carbocycles. The highest BCUT2D eigenvalue weighted by Gasteiger charge is 2.16. The number of carbonyl (C=O) groups is 2. The smallest absolute Gasteiger partial charge is 0.307 e. The zero-order chi connectivity index (χ0) is 20.0. The van der Waals surface area contributed by atoms with Crippen molar-refractivity contribution >= 4 is 38.9 Å². The normalized spacial score (nSPS) is 11.2. The molecular weight excluding hydrogens is 388 g/mol. The second-order valence-corrected chi connectivity index (χ2v) is 9.00. The van der Waals surface area contributed by atoms with E-state index in [4.69, 9.17) is 4.74 Å². The molecule has 9 heteroatoms. The fraction of sp³-hybridized carbons (Fsp3) is 0.333. The third-order valence-electron chi connectivity index (χ3n) is 3.69. The molecule has 0 aliphatic heterocycles. The lowest BCUT2D eigenvalue weighted by Crippen LogP contribution is -2.27. The second-order valence-electron chi connectivity index (χ2n) is 6.06. The van der Waals surface area contributed by atoms with Crippen molar-refractivity contribution in [1.29, 1.82) is 0 Å². The van der Waals surface area contributed by atoms with Crippen molar-refractivity contribution in [2.24, 2.45) is 0 Å². The number of amides is 1. The van der Waals surface area contributed by atoms with Crippen LogP contribution in [0.3, 0.4) is 0 Å². The van der Waals surface area contributed by atoms with Crippen LogP contribution in [0.5, 0.6) is 0 Å². The Kier molecular flexibility index (Phi) is 7.11. The summed E-state index contributed by atoms with van der Waals surface area (Å²) in [6.07, 6.45) is -0.166. The van der Waals surface area contributed by atoms with Gasteiger partial charge in [-0.1, -0.05) is 23.8 Å². The standard InChI is InChI=1S/C18H22N2O5S2/c1-12-9-13(2)18(14(3)10-12)20-15(21)11-25-16(22)6-7-19-27(23,24)17-5-4-8-26-17/h4-5,8-10,19H,6-7,11H2,1-3H3,(H,20,21). The number of aryl methyl sites for hydroxylation is 3. The van der Waals surface area contributed by atoms with E-state index in [1.165, 1.54) is 6.07 Å². The fourth-order valence-electron chi connectivity index (χ4n) is 2.55. The van der Waals surface area contributed by atoms with Gasteiger partial charge < -0.3 is 10.1 Å². The number of thiophene rings is 1. The first-order valence-electron chi connectivity index (χ1n) is 8.25. The molecule has 0 fully saturated rings. The Balaban J connectivity index is 1.76. The van der Waals surface area contributed by atoms with Crippen LogP contribution in [0.4, 0.5) is 5.69 Å². The number of esters is 1. The number of sulfonamides is 1. The van der Waals surface area contributed by atoms with E-state index < -0.39 is 28.5 Å². The van der Waals surface area contributed by atoms with Crippen molar-refractivity contribution in [2.45, 2.75) is 31.4 Å². The molecule has 0 radical (unpaired) electrons. The summed E-state index contributed by atoms with van der Waals surface area (Å²) in [5.74, 6) is -1.10. The minimum atomic E-state index is -3.62. The van der Waals surface area contributed by atoms with Crippen molar-refractivity contribution in [2.75, 3.05) is 18.5 Å². The van der Waals surface area contributed by atoms with Crippen LogP contribution in [0.2, 0.25) is 0 Å². The lowest BCUT2D eigenvalue weighted by atomic mass is 10.1. The summed E-state index contributed by atoms with van der Waals surface area (Å²) >= 11 is 1.09. The van der Waals surface area contributed by atoms with Crippen LogP contribution >= 0.6 is 11.3 Å². The number of anilines is 1. The number of carbonyl (C=O) groups excluding carboxylic acids is 2. The van der Waals surface area contributed by atoms with Gasteiger partial charge in [0.05, 0.1) is 6.42 Å². The van der Waals surface area contributed by atoms with Gasteiger partial charge in [-0.05, 0) is 43.3 Å². The number of hydrogen-bond donors (Lipinski definition) is 2. The molecule has 2 N–H and O–H groups in total. The van der Waals surface area contributed by atoms with Crippen LogP contribution in [-0.4, -0.2) is 33.4 Å². The van der Waals surface area contributed by atoms with E-state index >= 15 is 0 Å². The molecule has 1 aromatic heterocycles. The first-order valence-corrected chi connectivity index (χ1v) is 10.6. The summed E-state index contributed by atoms with van der Waals surface area (Å²) in [6.45, 7) is 5.23. The molecule has 7 nitrogen and oxygen atoms in total. The van der Waals surface area contributed by atoms with Gasteiger partial charge in [-0.15, -0.1) is 11.3 Å². The van der Waals surface area contributed by atoms with Crippen LogP contribution in [0.25, 0.3) is 0 Å². The molecule has 0 atom stereocenters. The predicted octanol–water partition coefficient (Wildman–Crippen LogP) is 2.52. The Bertz CT molecular complexity index is 898. The molecule has 2 rings (SSSR count). The van der Waals surface area contributed by atoms with Gasteiger partial charge in [0.1, 0.15) is 4.21 Å². The zero-order valence-electron chi connectivity index (χ0n) is 15.4. The molecule has 0 unspecified atom stereocenters. The van der Waals surface area contributed by atoms with E-state index in [-0.39, 0.29) is 17.2 Å². The summed E-state index contributed by atoms with van der Waals surface area (Å²) in [5, 5.41) is 4.39. The van der Waals surface area contributed by atoms with Crippen LogP contribution in [0, 0.1) is 20.8 Å². The van der Waals surface area contributed by atoms with Crippen molar-refractivity contribution in [3.63, 3.8) is 0 Å². The topological polar surface area (TPSA) is 102 Å². The van der Waals surface area contributed by atoms with Crippen molar-refractivity contribution in [3.8, 4) is 0 Å². The molecule has 0 aliphatic carbocycles. The number of ether oxygens (including phenoxy) is 1. The van der Waals surface area contributed by atoms with Gasteiger partial charge in [-0.3, -0.25) is 9.59 Å². The summed E-state index contributed by atoms with van der Waals surface area (Å²) in [7, 11) is -3.62. The highest BCUT2D eigenvalue weighted by molar-refractivity contribution is 7.91. The highest BCUT2D eigenvalue weighted by atomic mass is 32.2. The molecular formula is C18H22N2O5S2. The third kappa shape index (κ3) is 6.16. The quantitative estimate of drug-likeness (QED) is 0.651. The molecule has 1 heterocycles. The van der Waals surface area contributed by atoms with Crippen LogP contribution in [0.1, 0.15) is 23.1 Å². The van der Waals surface area contributed by atoms with Gasteiger partial charge in [-0.25, -0.2) is 13.1 Å². The minimum absolute atomic E-state index is 0.100. The fourth-order valence-corrected chi connectivity index (χ4v) is 4.62. The van der Waals surface area contributed by atoms with E-state index in [0.29, 0.717) is 5.69 Å². The van der Waals surface area contributed by atoms with Gasteiger partial charge in [0.2, 0.25) is 10.0 Å². The molecule has 0 aliphatic rings. The van der Waals surface area contributed by atoms with Crippen LogP contribution in [0.15, 0.2) is 33.9 Å². The SMILES string of the molecule is Cc1cc(C)c(NC(=O)COC(=O)CCNS(=O)(=O)c2cccs2)c(C)c1. The van der Waals surface area contributed by atoms with Crippen molar-refractivity contribution in [1.82, 2.24) is 4.72 Å². The molecule has 1 amide bonds. The van der Waals surface area contributed by atoms with E-state index in [2.05, 4.69) is 10.0 Å². The van der Waals surface area contributed by atoms with E-state index in [1.54, 1.807) is 11.4 Å². The summed E-state index contributed by atoms with van der Waals surface area (Å²) < 4.78 is 31.2. The maximum absolute atomic E-state index is 12.0. The second kappa shape index (κ2) is 9.12. The molecule has 0 saturated carbocycles. The first kappa shape index (κ1) is 21.1. The monoisotopic (exact) mass is 410 g/mol. The molecule has 0 bridgehead atoms. The molecule has 27 heavy (non-hydrogen) atoms.